The molecule has 0 saturated carbocycles. The largest absolute Gasteiger partial charge is 0.366 e. The molecule has 0 radical (unpaired) electrons. The van der Waals surface area contributed by atoms with Crippen LogP contribution < -0.4 is 10.2 Å². The minimum absolute atomic E-state index is 0.0955. The van der Waals surface area contributed by atoms with E-state index < -0.39 is 0 Å². The van der Waals surface area contributed by atoms with E-state index in [4.69, 9.17) is 11.6 Å². The van der Waals surface area contributed by atoms with Gasteiger partial charge in [0.15, 0.2) is 0 Å². The van der Waals surface area contributed by atoms with E-state index in [-0.39, 0.29) is 16.7 Å². The summed E-state index contributed by atoms with van der Waals surface area (Å²) in [4.78, 5) is 20.8. The van der Waals surface area contributed by atoms with E-state index in [1.165, 1.54) is 6.07 Å². The molecule has 7 nitrogen and oxygen atoms in total. The second kappa shape index (κ2) is 6.84. The smallest absolute Gasteiger partial charge is 0.292 e. The summed E-state index contributed by atoms with van der Waals surface area (Å²) >= 11 is 6.04. The van der Waals surface area contributed by atoms with Gasteiger partial charge < -0.3 is 15.2 Å². The van der Waals surface area contributed by atoms with Crippen molar-refractivity contribution in [1.29, 1.82) is 0 Å². The van der Waals surface area contributed by atoms with Crippen molar-refractivity contribution >= 4 is 40.0 Å². The number of benzene rings is 2. The molecule has 26 heavy (non-hydrogen) atoms. The quantitative estimate of drug-likeness (QED) is 0.530. The number of hydrogen-bond acceptors (Lipinski definition) is 5. The highest BCUT2D eigenvalue weighted by Crippen LogP contribution is 2.33. The number of aromatic amines is 1. The highest BCUT2D eigenvalue weighted by molar-refractivity contribution is 6.31. The molecule has 3 aromatic rings. The van der Waals surface area contributed by atoms with Crippen molar-refractivity contribution in [2.75, 3.05) is 23.3 Å². The Morgan fingerprint density at radius 2 is 2.00 bits per heavy atom. The number of halogens is 1. The van der Waals surface area contributed by atoms with E-state index in [9.17, 15) is 10.1 Å². The summed E-state index contributed by atoms with van der Waals surface area (Å²) in [7, 11) is 0. The number of imidazole rings is 1. The molecule has 2 aromatic carbocycles. The Morgan fingerprint density at radius 1 is 1.23 bits per heavy atom. The summed E-state index contributed by atoms with van der Waals surface area (Å²) in [6.45, 7) is 1.44. The van der Waals surface area contributed by atoms with Gasteiger partial charge in [-0.1, -0.05) is 23.7 Å². The molecule has 0 unspecified atom stereocenters. The maximum atomic E-state index is 11.3. The van der Waals surface area contributed by atoms with Crippen LogP contribution in [0.1, 0.15) is 12.8 Å². The van der Waals surface area contributed by atoms with Crippen LogP contribution in [-0.4, -0.2) is 34.0 Å². The fourth-order valence-corrected chi connectivity index (χ4v) is 3.55. The maximum absolute atomic E-state index is 11.3. The number of hydrogen-bond donors (Lipinski definition) is 2. The summed E-state index contributed by atoms with van der Waals surface area (Å²) in [5.41, 5.74) is 2.62. The lowest BCUT2D eigenvalue weighted by atomic mass is 10.0. The van der Waals surface area contributed by atoms with Crippen LogP contribution >= 0.6 is 11.6 Å². The Balaban J connectivity index is 1.44. The number of fused-ring (bicyclic) bond motifs is 1. The van der Waals surface area contributed by atoms with Crippen LogP contribution in [-0.2, 0) is 0 Å². The molecule has 1 aromatic heterocycles. The molecule has 0 atom stereocenters. The number of para-hydroxylation sites is 2. The van der Waals surface area contributed by atoms with Crippen molar-refractivity contribution in [3.05, 3.63) is 57.6 Å². The van der Waals surface area contributed by atoms with Gasteiger partial charge in [-0.2, -0.15) is 0 Å². The van der Waals surface area contributed by atoms with Crippen molar-refractivity contribution in [3.63, 3.8) is 0 Å². The number of nitrogens with zero attached hydrogens (tertiary/aromatic N) is 3. The third-order valence-corrected chi connectivity index (χ3v) is 4.94. The number of anilines is 2. The van der Waals surface area contributed by atoms with E-state index in [1.54, 1.807) is 12.1 Å². The van der Waals surface area contributed by atoms with Gasteiger partial charge in [0.1, 0.15) is 5.69 Å². The van der Waals surface area contributed by atoms with Crippen molar-refractivity contribution < 1.29 is 4.92 Å². The summed E-state index contributed by atoms with van der Waals surface area (Å²) in [5, 5.41) is 15.2. The summed E-state index contributed by atoms with van der Waals surface area (Å²) in [6, 6.07) is 12.9. The molecule has 0 aliphatic carbocycles. The van der Waals surface area contributed by atoms with Gasteiger partial charge in [-0.15, -0.1) is 0 Å². The number of nitrogens with one attached hydrogen (secondary N) is 2. The van der Waals surface area contributed by atoms with Crippen LogP contribution in [0, 0.1) is 10.1 Å². The predicted octanol–water partition coefficient (Wildman–Crippen LogP) is 4.21. The molecule has 4 rings (SSSR count). The SMILES string of the molecule is O=[N+]([O-])c1ccc(Cl)cc1N1CCC(Nc2nc3ccccc3[nH]2)CC1. The second-order valence-electron chi connectivity index (χ2n) is 6.40. The number of H-pyrrole nitrogens is 1. The number of rotatable bonds is 4. The topological polar surface area (TPSA) is 87.1 Å². The third-order valence-electron chi connectivity index (χ3n) is 4.70. The van der Waals surface area contributed by atoms with Gasteiger partial charge in [-0.25, -0.2) is 4.98 Å². The Hall–Kier alpha value is -2.80. The standard InChI is InChI=1S/C18H18ClN5O2/c19-12-5-6-16(24(25)26)17(11-12)23-9-7-13(8-10-23)20-18-21-14-3-1-2-4-15(14)22-18/h1-6,11,13H,7-10H2,(H2,20,21,22). The van der Waals surface area contributed by atoms with Crippen LogP contribution in [0.5, 0.6) is 0 Å². The summed E-state index contributed by atoms with van der Waals surface area (Å²) < 4.78 is 0. The number of nitro groups is 1. The van der Waals surface area contributed by atoms with E-state index in [2.05, 4.69) is 15.3 Å². The van der Waals surface area contributed by atoms with E-state index in [0.717, 1.165) is 42.9 Å². The molecule has 2 N–H and O–H groups in total. The van der Waals surface area contributed by atoms with Crippen LogP contribution in [0.4, 0.5) is 17.3 Å². The van der Waals surface area contributed by atoms with E-state index >= 15 is 0 Å². The molecule has 1 saturated heterocycles. The first-order valence-corrected chi connectivity index (χ1v) is 8.88. The lowest BCUT2D eigenvalue weighted by molar-refractivity contribution is -0.384. The van der Waals surface area contributed by atoms with Gasteiger partial charge in [0.05, 0.1) is 16.0 Å². The molecule has 1 fully saturated rings. The van der Waals surface area contributed by atoms with Gasteiger partial charge in [-0.3, -0.25) is 10.1 Å². The Kier molecular flexibility index (Phi) is 4.38. The minimum atomic E-state index is -0.357. The van der Waals surface area contributed by atoms with Crippen molar-refractivity contribution in [1.82, 2.24) is 9.97 Å². The van der Waals surface area contributed by atoms with Gasteiger partial charge in [0, 0.05) is 30.2 Å². The monoisotopic (exact) mass is 371 g/mol. The fraction of sp³-hybridized carbons (Fsp3) is 0.278. The molecule has 1 aliphatic rings. The molecule has 134 valence electrons. The second-order valence-corrected chi connectivity index (χ2v) is 6.83. The molecule has 8 heteroatoms. The highest BCUT2D eigenvalue weighted by atomic mass is 35.5. The Bertz CT molecular complexity index is 917. The maximum Gasteiger partial charge on any atom is 0.292 e. The zero-order valence-electron chi connectivity index (χ0n) is 14.0. The van der Waals surface area contributed by atoms with E-state index in [0.29, 0.717) is 10.7 Å². The molecular formula is C18H18ClN5O2. The molecule has 0 spiro atoms. The average Bonchev–Trinajstić information content (AvgIpc) is 3.04. The van der Waals surface area contributed by atoms with Gasteiger partial charge in [-0.05, 0) is 37.1 Å². The van der Waals surface area contributed by atoms with E-state index in [1.807, 2.05) is 29.2 Å². The van der Waals surface area contributed by atoms with Crippen LogP contribution in [0.15, 0.2) is 42.5 Å². The lowest BCUT2D eigenvalue weighted by Crippen LogP contribution is -2.39. The first-order valence-electron chi connectivity index (χ1n) is 8.50. The normalized spacial score (nSPS) is 15.3. The van der Waals surface area contributed by atoms with Crippen molar-refractivity contribution in [2.45, 2.75) is 18.9 Å². The lowest BCUT2D eigenvalue weighted by Gasteiger charge is -2.33. The predicted molar refractivity (Wildman–Crippen MR) is 103 cm³/mol. The summed E-state index contributed by atoms with van der Waals surface area (Å²) in [6.07, 6.45) is 1.72. The number of piperidine rings is 1. The summed E-state index contributed by atoms with van der Waals surface area (Å²) in [5.74, 6) is 0.762. The molecule has 1 aliphatic heterocycles. The molecule has 0 bridgehead atoms. The molecular weight excluding hydrogens is 354 g/mol. The molecule has 2 heterocycles. The third kappa shape index (κ3) is 3.30. The zero-order valence-corrected chi connectivity index (χ0v) is 14.7. The Morgan fingerprint density at radius 3 is 2.73 bits per heavy atom. The first-order chi connectivity index (χ1) is 12.6. The number of nitro benzene ring substituents is 1. The average molecular weight is 372 g/mol. The zero-order chi connectivity index (χ0) is 18.1. The highest BCUT2D eigenvalue weighted by Gasteiger charge is 2.25. The van der Waals surface area contributed by atoms with Gasteiger partial charge in [0.25, 0.3) is 5.69 Å². The fourth-order valence-electron chi connectivity index (χ4n) is 3.38. The minimum Gasteiger partial charge on any atom is -0.366 e. The van der Waals surface area contributed by atoms with Crippen LogP contribution in [0.3, 0.4) is 0 Å². The van der Waals surface area contributed by atoms with Crippen molar-refractivity contribution in [2.24, 2.45) is 0 Å². The molecule has 0 amide bonds. The van der Waals surface area contributed by atoms with Gasteiger partial charge in [0.2, 0.25) is 5.95 Å². The number of aromatic nitrogens is 2. The Labute approximate surface area is 155 Å². The van der Waals surface area contributed by atoms with Crippen LogP contribution in [0.2, 0.25) is 5.02 Å². The first kappa shape index (κ1) is 16.7. The van der Waals surface area contributed by atoms with Gasteiger partial charge >= 0.3 is 0 Å². The van der Waals surface area contributed by atoms with Crippen LogP contribution in [0.25, 0.3) is 11.0 Å². The van der Waals surface area contributed by atoms with Crippen molar-refractivity contribution in [3.8, 4) is 0 Å².